The summed E-state index contributed by atoms with van der Waals surface area (Å²) in [5, 5.41) is 19.3. The number of non-ortho nitro benzene ring substituents is 1. The Morgan fingerprint density at radius 2 is 1.86 bits per heavy atom. The van der Waals surface area contributed by atoms with Gasteiger partial charge >= 0.3 is 0 Å². The summed E-state index contributed by atoms with van der Waals surface area (Å²) < 4.78 is 1.89. The molecule has 0 aliphatic rings. The van der Waals surface area contributed by atoms with E-state index in [1.807, 2.05) is 42.8 Å². The Hall–Kier alpha value is -3.81. The van der Waals surface area contributed by atoms with E-state index in [2.05, 4.69) is 15.6 Å². The molecule has 8 nitrogen and oxygen atoms in total. The zero-order valence-electron chi connectivity index (χ0n) is 16.4. The van der Waals surface area contributed by atoms with Gasteiger partial charge in [0, 0.05) is 23.4 Å². The Bertz CT molecular complexity index is 1080. The maximum absolute atomic E-state index is 12.5. The molecule has 29 heavy (non-hydrogen) atoms. The van der Waals surface area contributed by atoms with E-state index in [-0.39, 0.29) is 11.6 Å². The van der Waals surface area contributed by atoms with Gasteiger partial charge in [-0.3, -0.25) is 19.6 Å². The van der Waals surface area contributed by atoms with Gasteiger partial charge in [0.25, 0.3) is 11.6 Å². The quantitative estimate of drug-likeness (QED) is 0.394. The first kappa shape index (κ1) is 19.9. The lowest BCUT2D eigenvalue weighted by Crippen LogP contribution is -2.19. The monoisotopic (exact) mass is 391 g/mol. The molecule has 0 unspecified atom stereocenters. The Morgan fingerprint density at radius 3 is 2.48 bits per heavy atom. The van der Waals surface area contributed by atoms with Crippen molar-refractivity contribution in [3.63, 3.8) is 0 Å². The summed E-state index contributed by atoms with van der Waals surface area (Å²) in [5.41, 5.74) is 7.23. The molecule has 1 aromatic heterocycles. The minimum absolute atomic E-state index is 0.00464. The second kappa shape index (κ2) is 8.47. The van der Waals surface area contributed by atoms with Crippen LogP contribution in [0.1, 0.15) is 39.8 Å². The molecule has 3 aromatic rings. The van der Waals surface area contributed by atoms with Crippen molar-refractivity contribution in [2.45, 2.75) is 27.3 Å². The topological polar surface area (TPSA) is 102 Å². The van der Waals surface area contributed by atoms with Crippen LogP contribution >= 0.6 is 0 Å². The van der Waals surface area contributed by atoms with E-state index in [1.54, 1.807) is 25.1 Å². The zero-order chi connectivity index (χ0) is 21.0. The van der Waals surface area contributed by atoms with Crippen molar-refractivity contribution < 1.29 is 9.72 Å². The standard InChI is InChI=1S/C21H21N5O3/c1-14-11-15(2)25(24-14)13-17-5-4-6-19(12-17)21(27)23-22-16(3)18-7-9-20(10-8-18)26(28)29/h4-12H,13H2,1-3H3,(H,23,27)/b22-16-. The van der Waals surface area contributed by atoms with Crippen LogP contribution in [0.25, 0.3) is 0 Å². The summed E-state index contributed by atoms with van der Waals surface area (Å²) in [6.45, 7) is 6.23. The fourth-order valence-electron chi connectivity index (χ4n) is 2.91. The highest BCUT2D eigenvalue weighted by atomic mass is 16.6. The summed E-state index contributed by atoms with van der Waals surface area (Å²) >= 11 is 0. The molecule has 1 N–H and O–H groups in total. The van der Waals surface area contributed by atoms with E-state index in [1.165, 1.54) is 12.1 Å². The molecule has 1 heterocycles. The Kier molecular flexibility index (Phi) is 5.82. The molecule has 1 amide bonds. The first-order chi connectivity index (χ1) is 13.8. The number of carbonyl (C=O) groups is 1. The van der Waals surface area contributed by atoms with Crippen molar-refractivity contribution >= 4 is 17.3 Å². The highest BCUT2D eigenvalue weighted by molar-refractivity contribution is 6.01. The molecule has 0 fully saturated rings. The van der Waals surface area contributed by atoms with Gasteiger partial charge in [-0.25, -0.2) is 5.43 Å². The lowest BCUT2D eigenvalue weighted by molar-refractivity contribution is -0.384. The van der Waals surface area contributed by atoms with E-state index in [9.17, 15) is 14.9 Å². The summed E-state index contributed by atoms with van der Waals surface area (Å²) in [7, 11) is 0. The molecule has 0 saturated carbocycles. The van der Waals surface area contributed by atoms with Gasteiger partial charge in [0.1, 0.15) is 0 Å². The number of amides is 1. The van der Waals surface area contributed by atoms with Crippen molar-refractivity contribution in [2.24, 2.45) is 5.10 Å². The van der Waals surface area contributed by atoms with Crippen molar-refractivity contribution in [3.8, 4) is 0 Å². The van der Waals surface area contributed by atoms with E-state index in [4.69, 9.17) is 0 Å². The van der Waals surface area contributed by atoms with Crippen LogP contribution in [0.15, 0.2) is 59.7 Å². The van der Waals surface area contributed by atoms with E-state index in [0.717, 1.165) is 17.0 Å². The van der Waals surface area contributed by atoms with Gasteiger partial charge in [-0.15, -0.1) is 0 Å². The summed E-state index contributed by atoms with van der Waals surface area (Å²) in [5.74, 6) is -0.332. The number of carbonyl (C=O) groups excluding carboxylic acids is 1. The number of aryl methyl sites for hydroxylation is 2. The van der Waals surface area contributed by atoms with Gasteiger partial charge in [-0.1, -0.05) is 12.1 Å². The molecule has 0 radical (unpaired) electrons. The van der Waals surface area contributed by atoms with Crippen molar-refractivity contribution in [2.75, 3.05) is 0 Å². The average Bonchev–Trinajstić information content (AvgIpc) is 3.02. The van der Waals surface area contributed by atoms with Crippen LogP contribution in [0.5, 0.6) is 0 Å². The molecule has 0 saturated heterocycles. The van der Waals surface area contributed by atoms with Gasteiger partial charge in [-0.2, -0.15) is 10.2 Å². The van der Waals surface area contributed by atoms with Gasteiger partial charge < -0.3 is 0 Å². The third-order valence-corrected chi connectivity index (χ3v) is 4.45. The maximum Gasteiger partial charge on any atom is 0.271 e. The molecule has 0 aliphatic carbocycles. The number of nitro benzene ring substituents is 1. The predicted molar refractivity (Wildman–Crippen MR) is 110 cm³/mol. The van der Waals surface area contributed by atoms with Crippen LogP contribution in [0.2, 0.25) is 0 Å². The Morgan fingerprint density at radius 1 is 1.14 bits per heavy atom. The maximum atomic E-state index is 12.5. The first-order valence-corrected chi connectivity index (χ1v) is 9.03. The molecule has 0 aliphatic heterocycles. The van der Waals surface area contributed by atoms with E-state index in [0.29, 0.717) is 23.4 Å². The third-order valence-electron chi connectivity index (χ3n) is 4.45. The number of rotatable bonds is 6. The molecule has 8 heteroatoms. The van der Waals surface area contributed by atoms with E-state index < -0.39 is 4.92 Å². The van der Waals surface area contributed by atoms with Crippen LogP contribution in [0.4, 0.5) is 5.69 Å². The minimum Gasteiger partial charge on any atom is -0.267 e. The van der Waals surface area contributed by atoms with Crippen molar-refractivity contribution in [3.05, 3.63) is 92.8 Å². The van der Waals surface area contributed by atoms with Crippen LogP contribution in [0.3, 0.4) is 0 Å². The van der Waals surface area contributed by atoms with Gasteiger partial charge in [-0.05, 0) is 62.2 Å². The lowest BCUT2D eigenvalue weighted by atomic mass is 10.1. The number of nitrogens with one attached hydrogen (secondary N) is 1. The Labute approximate surface area is 168 Å². The zero-order valence-corrected chi connectivity index (χ0v) is 16.4. The minimum atomic E-state index is -0.461. The summed E-state index contributed by atoms with van der Waals surface area (Å²) in [6, 6.07) is 15.3. The fraction of sp³-hybridized carbons (Fsp3) is 0.190. The summed E-state index contributed by atoms with van der Waals surface area (Å²) in [6.07, 6.45) is 0. The van der Waals surface area contributed by atoms with Crippen LogP contribution < -0.4 is 5.43 Å². The number of nitrogens with zero attached hydrogens (tertiary/aromatic N) is 4. The second-order valence-electron chi connectivity index (χ2n) is 6.73. The number of nitro groups is 1. The molecular weight excluding hydrogens is 370 g/mol. The third kappa shape index (κ3) is 4.92. The number of hydrazone groups is 1. The largest absolute Gasteiger partial charge is 0.271 e. The molecule has 148 valence electrons. The van der Waals surface area contributed by atoms with E-state index >= 15 is 0 Å². The lowest BCUT2D eigenvalue weighted by Gasteiger charge is -2.07. The average molecular weight is 391 g/mol. The van der Waals surface area contributed by atoms with Gasteiger partial charge in [0.05, 0.1) is 22.9 Å². The number of benzene rings is 2. The van der Waals surface area contributed by atoms with Gasteiger partial charge in [0.15, 0.2) is 0 Å². The SMILES string of the molecule is C/C(=N/NC(=O)c1cccc(Cn2nc(C)cc2C)c1)c1ccc([N+](=O)[O-])cc1. The van der Waals surface area contributed by atoms with Crippen LogP contribution in [-0.4, -0.2) is 26.3 Å². The normalized spacial score (nSPS) is 11.3. The Balaban J connectivity index is 1.69. The van der Waals surface area contributed by atoms with Crippen molar-refractivity contribution in [1.29, 1.82) is 0 Å². The molecule has 2 aromatic carbocycles. The predicted octanol–water partition coefficient (Wildman–Crippen LogP) is 3.61. The summed E-state index contributed by atoms with van der Waals surface area (Å²) in [4.78, 5) is 22.7. The van der Waals surface area contributed by atoms with Gasteiger partial charge in [0.2, 0.25) is 0 Å². The van der Waals surface area contributed by atoms with Crippen LogP contribution in [0, 0.1) is 24.0 Å². The molecule has 3 rings (SSSR count). The smallest absolute Gasteiger partial charge is 0.267 e. The van der Waals surface area contributed by atoms with Crippen molar-refractivity contribution in [1.82, 2.24) is 15.2 Å². The number of hydrogen-bond donors (Lipinski definition) is 1. The molecule has 0 spiro atoms. The number of aromatic nitrogens is 2. The molecule has 0 atom stereocenters. The highest BCUT2D eigenvalue weighted by Crippen LogP contribution is 2.13. The molecular formula is C21H21N5O3. The number of hydrogen-bond acceptors (Lipinski definition) is 5. The fourth-order valence-corrected chi connectivity index (χ4v) is 2.91. The first-order valence-electron chi connectivity index (χ1n) is 9.03. The van der Waals surface area contributed by atoms with Crippen LogP contribution in [-0.2, 0) is 6.54 Å². The highest BCUT2D eigenvalue weighted by Gasteiger charge is 2.09. The second-order valence-corrected chi connectivity index (χ2v) is 6.73. The molecule has 0 bridgehead atoms.